The van der Waals surface area contributed by atoms with Crippen LogP contribution in [0.1, 0.15) is 25.0 Å². The summed E-state index contributed by atoms with van der Waals surface area (Å²) in [5.41, 5.74) is 11.9. The molecule has 3 heterocycles. The summed E-state index contributed by atoms with van der Waals surface area (Å²) in [5, 5.41) is 4.57. The molecule has 0 atom stereocenters. The number of hydrogen-bond donors (Lipinski definition) is 0. The molecule has 4 nitrogen and oxygen atoms in total. The Hall–Kier alpha value is -6.43. The Morgan fingerprint density at radius 2 is 1.11 bits per heavy atom. The molecule has 1 aliphatic carbocycles. The van der Waals surface area contributed by atoms with E-state index in [1.54, 1.807) is 11.3 Å². The van der Waals surface area contributed by atoms with Gasteiger partial charge in [-0.1, -0.05) is 123 Å². The quantitative estimate of drug-likeness (QED) is 0.184. The lowest BCUT2D eigenvalue weighted by Gasteiger charge is -2.21. The highest BCUT2D eigenvalue weighted by Crippen LogP contribution is 2.49. The number of hydrogen-bond acceptors (Lipinski definition) is 5. The molecule has 0 spiro atoms. The Balaban J connectivity index is 1.15. The lowest BCUT2D eigenvalue weighted by Crippen LogP contribution is -2.15. The van der Waals surface area contributed by atoms with Gasteiger partial charge in [0.1, 0.15) is 11.2 Å². The molecule has 0 bridgehead atoms. The summed E-state index contributed by atoms with van der Waals surface area (Å²) < 4.78 is 8.82. The van der Waals surface area contributed by atoms with Crippen molar-refractivity contribution in [2.45, 2.75) is 19.3 Å². The van der Waals surface area contributed by atoms with Crippen LogP contribution in [0.5, 0.6) is 0 Å². The van der Waals surface area contributed by atoms with E-state index in [1.165, 1.54) is 42.4 Å². The minimum Gasteiger partial charge on any atom is -0.456 e. The van der Waals surface area contributed by atoms with Gasteiger partial charge >= 0.3 is 0 Å². The molecule has 3 aromatic heterocycles. The molecule has 0 saturated heterocycles. The molecule has 0 N–H and O–H groups in total. The number of aromatic nitrogens is 3. The van der Waals surface area contributed by atoms with E-state index in [0.717, 1.165) is 49.8 Å². The average Bonchev–Trinajstić information content (AvgIpc) is 3.85. The number of benzene rings is 7. The van der Waals surface area contributed by atoms with Crippen LogP contribution in [0.25, 0.3) is 98.5 Å². The predicted octanol–water partition coefficient (Wildman–Crippen LogP) is 13.1. The molecule has 5 heteroatoms. The Kier molecular flexibility index (Phi) is 6.43. The largest absolute Gasteiger partial charge is 0.456 e. The maximum atomic E-state index is 6.41. The van der Waals surface area contributed by atoms with E-state index in [0.29, 0.717) is 17.5 Å². The minimum atomic E-state index is -0.146. The summed E-state index contributed by atoms with van der Waals surface area (Å²) in [6, 6.07) is 53.5. The molecule has 53 heavy (non-hydrogen) atoms. The SMILES string of the molecule is CC1(C)c2ccccc2-c2ccc(-c3nc(-c4ccc5oc6cccc(-c7ccccc7)c6c5c4)nc(-c4cccc5c4sc4ccccc45)n3)cc21. The van der Waals surface area contributed by atoms with Crippen molar-refractivity contribution >= 4 is 53.4 Å². The summed E-state index contributed by atoms with van der Waals surface area (Å²) in [6.07, 6.45) is 0. The topological polar surface area (TPSA) is 51.8 Å². The normalized spacial score (nSPS) is 13.2. The molecule has 0 radical (unpaired) electrons. The van der Waals surface area contributed by atoms with Crippen molar-refractivity contribution in [1.29, 1.82) is 0 Å². The molecular formula is C48H31N3OS. The van der Waals surface area contributed by atoms with Crippen LogP contribution in [-0.4, -0.2) is 15.0 Å². The van der Waals surface area contributed by atoms with Crippen molar-refractivity contribution < 1.29 is 4.42 Å². The average molecular weight is 698 g/mol. The van der Waals surface area contributed by atoms with Gasteiger partial charge < -0.3 is 4.42 Å². The van der Waals surface area contributed by atoms with Crippen molar-refractivity contribution in [3.05, 3.63) is 163 Å². The predicted molar refractivity (Wildman–Crippen MR) is 219 cm³/mol. The van der Waals surface area contributed by atoms with Crippen LogP contribution in [0.3, 0.4) is 0 Å². The fourth-order valence-corrected chi connectivity index (χ4v) is 9.56. The van der Waals surface area contributed by atoms with Gasteiger partial charge in [-0.25, -0.2) is 15.0 Å². The number of rotatable bonds is 4. The van der Waals surface area contributed by atoms with Gasteiger partial charge in [0.2, 0.25) is 0 Å². The zero-order valence-electron chi connectivity index (χ0n) is 29.1. The van der Waals surface area contributed by atoms with E-state index < -0.39 is 0 Å². The first-order valence-corrected chi connectivity index (χ1v) is 18.8. The van der Waals surface area contributed by atoms with Crippen molar-refractivity contribution in [1.82, 2.24) is 15.0 Å². The summed E-state index contributed by atoms with van der Waals surface area (Å²) in [6.45, 7) is 4.62. The summed E-state index contributed by atoms with van der Waals surface area (Å²) >= 11 is 1.79. The molecule has 250 valence electrons. The Bertz CT molecular complexity index is 3100. The Morgan fingerprint density at radius 3 is 2.00 bits per heavy atom. The molecule has 0 unspecified atom stereocenters. The van der Waals surface area contributed by atoms with Gasteiger partial charge in [-0.2, -0.15) is 0 Å². The number of furan rings is 1. The molecule has 0 amide bonds. The fraction of sp³-hybridized carbons (Fsp3) is 0.0625. The smallest absolute Gasteiger partial charge is 0.165 e. The Morgan fingerprint density at radius 1 is 0.453 bits per heavy atom. The molecule has 0 aliphatic heterocycles. The first-order chi connectivity index (χ1) is 26.0. The molecule has 10 aromatic rings. The molecule has 7 aromatic carbocycles. The van der Waals surface area contributed by atoms with Gasteiger partial charge in [0.15, 0.2) is 17.5 Å². The second-order valence-electron chi connectivity index (χ2n) is 14.4. The van der Waals surface area contributed by atoms with Crippen molar-refractivity contribution in [3.8, 4) is 56.4 Å². The van der Waals surface area contributed by atoms with Crippen LogP contribution in [0, 0.1) is 0 Å². The molecule has 0 saturated carbocycles. The van der Waals surface area contributed by atoms with E-state index in [4.69, 9.17) is 19.4 Å². The second-order valence-corrected chi connectivity index (χ2v) is 15.4. The van der Waals surface area contributed by atoms with Gasteiger partial charge in [-0.15, -0.1) is 11.3 Å². The Labute approximate surface area is 310 Å². The highest BCUT2D eigenvalue weighted by atomic mass is 32.1. The van der Waals surface area contributed by atoms with Gasteiger partial charge in [0.05, 0.1) is 0 Å². The first-order valence-electron chi connectivity index (χ1n) is 17.9. The third-order valence-corrected chi connectivity index (χ3v) is 12.2. The van der Waals surface area contributed by atoms with Crippen LogP contribution >= 0.6 is 11.3 Å². The van der Waals surface area contributed by atoms with Gasteiger partial charge in [-0.3, -0.25) is 0 Å². The third kappa shape index (κ3) is 4.57. The molecular weight excluding hydrogens is 667 g/mol. The maximum absolute atomic E-state index is 6.41. The highest BCUT2D eigenvalue weighted by molar-refractivity contribution is 7.26. The zero-order valence-corrected chi connectivity index (χ0v) is 29.9. The lowest BCUT2D eigenvalue weighted by atomic mass is 9.82. The summed E-state index contributed by atoms with van der Waals surface area (Å²) in [7, 11) is 0. The second kappa shape index (κ2) is 11.3. The van der Waals surface area contributed by atoms with Crippen LogP contribution < -0.4 is 0 Å². The number of nitrogens with zero attached hydrogens (tertiary/aromatic N) is 3. The van der Waals surface area contributed by atoms with E-state index in [1.807, 2.05) is 18.2 Å². The lowest BCUT2D eigenvalue weighted by molar-refractivity contribution is 0.660. The van der Waals surface area contributed by atoms with E-state index >= 15 is 0 Å². The molecule has 1 aliphatic rings. The number of thiophene rings is 1. The van der Waals surface area contributed by atoms with Gasteiger partial charge in [0.25, 0.3) is 0 Å². The zero-order chi connectivity index (χ0) is 35.3. The van der Waals surface area contributed by atoms with E-state index in [-0.39, 0.29) is 5.41 Å². The van der Waals surface area contributed by atoms with E-state index in [2.05, 4.69) is 147 Å². The summed E-state index contributed by atoms with van der Waals surface area (Å²) in [4.78, 5) is 15.8. The van der Waals surface area contributed by atoms with Crippen molar-refractivity contribution in [3.63, 3.8) is 0 Å². The minimum absolute atomic E-state index is 0.146. The van der Waals surface area contributed by atoms with E-state index in [9.17, 15) is 0 Å². The summed E-state index contributed by atoms with van der Waals surface area (Å²) in [5.74, 6) is 1.94. The monoisotopic (exact) mass is 697 g/mol. The molecule has 11 rings (SSSR count). The fourth-order valence-electron chi connectivity index (χ4n) is 8.35. The van der Waals surface area contributed by atoms with Gasteiger partial charge in [0, 0.05) is 53.1 Å². The van der Waals surface area contributed by atoms with Crippen LogP contribution in [0.15, 0.2) is 156 Å². The van der Waals surface area contributed by atoms with Crippen molar-refractivity contribution in [2.24, 2.45) is 0 Å². The van der Waals surface area contributed by atoms with Crippen LogP contribution in [0.2, 0.25) is 0 Å². The van der Waals surface area contributed by atoms with Crippen LogP contribution in [0.4, 0.5) is 0 Å². The number of fused-ring (bicyclic) bond motifs is 9. The van der Waals surface area contributed by atoms with Gasteiger partial charge in [-0.05, 0) is 75.8 Å². The standard InChI is InChI=1S/C48H31N3OS/c1-48(2)38-19-8-6-14-32(38)33-24-22-30(27-39(33)48)46-49-45(50-47(51-46)36-18-10-17-35-34-15-7-9-21-42(34)53-44(35)36)29-23-25-40-37(26-29)43-31(16-11-20-41(43)52-40)28-12-4-3-5-13-28/h3-27H,1-2H3. The highest BCUT2D eigenvalue weighted by Gasteiger charge is 2.35. The first kappa shape index (κ1) is 30.2. The molecule has 0 fully saturated rings. The van der Waals surface area contributed by atoms with Crippen molar-refractivity contribution in [2.75, 3.05) is 0 Å². The van der Waals surface area contributed by atoms with Crippen LogP contribution in [-0.2, 0) is 5.41 Å². The third-order valence-electron chi connectivity index (χ3n) is 11.0. The maximum Gasteiger partial charge on any atom is 0.165 e.